The highest BCUT2D eigenvalue weighted by atomic mass is 19.4. The molecular formula is C11H8F6N4O2. The molecule has 1 amide bonds. The molecule has 0 unspecified atom stereocenters. The number of nitrogens with zero attached hydrogens (tertiary/aromatic N) is 3. The first-order chi connectivity index (χ1) is 10.6. The Morgan fingerprint density at radius 1 is 1.22 bits per heavy atom. The minimum atomic E-state index is -4.70. The van der Waals surface area contributed by atoms with Crippen LogP contribution in [0.2, 0.25) is 0 Å². The second-order valence-corrected chi connectivity index (χ2v) is 4.35. The number of nitrogens with one attached hydrogen (secondary N) is 1. The number of rotatable bonds is 4. The van der Waals surface area contributed by atoms with Crippen molar-refractivity contribution in [1.29, 1.82) is 0 Å². The van der Waals surface area contributed by atoms with Gasteiger partial charge in [-0.3, -0.25) is 9.48 Å². The lowest BCUT2D eigenvalue weighted by Crippen LogP contribution is -2.27. The maximum Gasteiger partial charge on any atom is 0.452 e. The van der Waals surface area contributed by atoms with Gasteiger partial charge in [0, 0.05) is 12.3 Å². The van der Waals surface area contributed by atoms with E-state index in [1.54, 1.807) is 0 Å². The van der Waals surface area contributed by atoms with E-state index >= 15 is 0 Å². The van der Waals surface area contributed by atoms with Gasteiger partial charge in [0.1, 0.15) is 12.2 Å². The zero-order valence-electron chi connectivity index (χ0n) is 11.1. The van der Waals surface area contributed by atoms with Crippen LogP contribution in [0.15, 0.2) is 22.9 Å². The van der Waals surface area contributed by atoms with Crippen LogP contribution in [0.4, 0.5) is 26.3 Å². The van der Waals surface area contributed by atoms with Crippen LogP contribution < -0.4 is 5.32 Å². The molecule has 0 radical (unpaired) electrons. The highest BCUT2D eigenvalue weighted by Gasteiger charge is 2.36. The van der Waals surface area contributed by atoms with Crippen molar-refractivity contribution in [2.24, 2.45) is 0 Å². The molecule has 0 spiro atoms. The average molecular weight is 342 g/mol. The van der Waals surface area contributed by atoms with Crippen molar-refractivity contribution in [2.45, 2.75) is 25.4 Å². The first-order valence-electron chi connectivity index (χ1n) is 5.96. The van der Waals surface area contributed by atoms with Crippen molar-refractivity contribution in [3.8, 4) is 0 Å². The number of hydrogen-bond acceptors (Lipinski definition) is 4. The number of halogens is 6. The predicted molar refractivity (Wildman–Crippen MR) is 60.6 cm³/mol. The third-order valence-corrected chi connectivity index (χ3v) is 2.54. The van der Waals surface area contributed by atoms with Crippen LogP contribution in [-0.4, -0.2) is 20.8 Å². The highest BCUT2D eigenvalue weighted by Crippen LogP contribution is 2.29. The molecule has 12 heteroatoms. The van der Waals surface area contributed by atoms with Crippen LogP contribution in [0.1, 0.15) is 17.1 Å². The summed E-state index contributed by atoms with van der Waals surface area (Å²) in [4.78, 5) is 11.5. The minimum Gasteiger partial charge on any atom is -0.351 e. The Hall–Kier alpha value is -2.53. The molecule has 0 fully saturated rings. The van der Waals surface area contributed by atoms with Crippen LogP contribution in [0.3, 0.4) is 0 Å². The fraction of sp³-hybridized carbons (Fsp3) is 0.364. The van der Waals surface area contributed by atoms with E-state index in [-0.39, 0.29) is 12.2 Å². The molecule has 0 aliphatic rings. The van der Waals surface area contributed by atoms with E-state index in [0.29, 0.717) is 12.1 Å². The van der Waals surface area contributed by atoms with Gasteiger partial charge < -0.3 is 9.84 Å². The molecule has 0 aliphatic heterocycles. The Labute approximate surface area is 124 Å². The van der Waals surface area contributed by atoms with Gasteiger partial charge in [-0.05, 0) is 6.07 Å². The molecule has 2 aromatic rings. The van der Waals surface area contributed by atoms with Gasteiger partial charge in [0.25, 0.3) is 0 Å². The smallest absolute Gasteiger partial charge is 0.351 e. The molecule has 0 saturated carbocycles. The molecule has 0 aliphatic carbocycles. The maximum atomic E-state index is 12.3. The van der Waals surface area contributed by atoms with E-state index < -0.39 is 36.3 Å². The van der Waals surface area contributed by atoms with Crippen molar-refractivity contribution in [1.82, 2.24) is 20.3 Å². The summed E-state index contributed by atoms with van der Waals surface area (Å²) in [5.74, 6) is -2.07. The van der Waals surface area contributed by atoms with Gasteiger partial charge in [-0.1, -0.05) is 5.16 Å². The second-order valence-electron chi connectivity index (χ2n) is 4.35. The van der Waals surface area contributed by atoms with Gasteiger partial charge >= 0.3 is 12.4 Å². The molecule has 126 valence electrons. The summed E-state index contributed by atoms with van der Waals surface area (Å²) < 4.78 is 78.5. The lowest BCUT2D eigenvalue weighted by molar-refractivity contribution is -0.155. The minimum absolute atomic E-state index is 0.179. The number of aromatic nitrogens is 3. The molecular weight excluding hydrogens is 334 g/mol. The molecule has 0 saturated heterocycles. The van der Waals surface area contributed by atoms with Crippen LogP contribution in [0.5, 0.6) is 0 Å². The summed E-state index contributed by atoms with van der Waals surface area (Å²) in [5, 5.41) is 8.47. The molecule has 0 atom stereocenters. The van der Waals surface area contributed by atoms with E-state index in [0.717, 1.165) is 10.9 Å². The summed E-state index contributed by atoms with van der Waals surface area (Å²) in [6, 6.07) is 1.30. The Morgan fingerprint density at radius 2 is 1.91 bits per heavy atom. The monoisotopic (exact) mass is 342 g/mol. The third kappa shape index (κ3) is 4.47. The molecule has 23 heavy (non-hydrogen) atoms. The molecule has 1 N–H and O–H groups in total. The van der Waals surface area contributed by atoms with Crippen LogP contribution in [-0.2, 0) is 30.2 Å². The van der Waals surface area contributed by atoms with Crippen molar-refractivity contribution >= 4 is 5.91 Å². The van der Waals surface area contributed by atoms with E-state index in [1.807, 2.05) is 0 Å². The standard InChI is InChI=1S/C11H8F6N4O2/c12-10(13,14)7-1-2-21(19-7)5-9(22)18-4-6-3-8(23-20-6)11(15,16)17/h1-3H,4-5H2,(H,18,22). The zero-order valence-corrected chi connectivity index (χ0v) is 11.1. The molecule has 6 nitrogen and oxygen atoms in total. The van der Waals surface area contributed by atoms with Crippen molar-refractivity contribution in [2.75, 3.05) is 0 Å². The normalized spacial score (nSPS) is 12.4. The molecule has 0 aromatic carbocycles. The summed E-state index contributed by atoms with van der Waals surface area (Å²) in [6.07, 6.45) is -8.37. The topological polar surface area (TPSA) is 73.0 Å². The Kier molecular flexibility index (Phi) is 4.34. The van der Waals surface area contributed by atoms with Gasteiger partial charge in [-0.15, -0.1) is 0 Å². The number of hydrogen-bond donors (Lipinski definition) is 1. The second kappa shape index (κ2) is 5.93. The van der Waals surface area contributed by atoms with Crippen LogP contribution in [0, 0.1) is 0 Å². The van der Waals surface area contributed by atoms with Crippen molar-refractivity contribution in [3.63, 3.8) is 0 Å². The first-order valence-corrected chi connectivity index (χ1v) is 5.96. The summed E-state index contributed by atoms with van der Waals surface area (Å²) >= 11 is 0. The Balaban J connectivity index is 1.88. The summed E-state index contributed by atoms with van der Waals surface area (Å²) in [5.41, 5.74) is -1.33. The lowest BCUT2D eigenvalue weighted by atomic mass is 10.3. The SMILES string of the molecule is O=C(Cn1ccc(C(F)(F)F)n1)NCc1cc(C(F)(F)F)on1. The van der Waals surface area contributed by atoms with Crippen LogP contribution in [0.25, 0.3) is 0 Å². The van der Waals surface area contributed by atoms with E-state index in [4.69, 9.17) is 0 Å². The zero-order chi connectivity index (χ0) is 17.3. The molecule has 0 bridgehead atoms. The fourth-order valence-corrected chi connectivity index (χ4v) is 1.52. The molecule has 2 rings (SSSR count). The number of carbonyl (C=O) groups excluding carboxylic acids is 1. The first kappa shape index (κ1) is 16.8. The van der Waals surface area contributed by atoms with Gasteiger partial charge in [0.2, 0.25) is 11.7 Å². The van der Waals surface area contributed by atoms with Crippen molar-refractivity contribution < 1.29 is 35.7 Å². The highest BCUT2D eigenvalue weighted by molar-refractivity contribution is 5.75. The Morgan fingerprint density at radius 3 is 2.43 bits per heavy atom. The van der Waals surface area contributed by atoms with Gasteiger partial charge in [-0.2, -0.15) is 31.4 Å². The van der Waals surface area contributed by atoms with E-state index in [2.05, 4.69) is 20.1 Å². The number of amides is 1. The summed E-state index contributed by atoms with van der Waals surface area (Å²) in [6.45, 7) is -0.897. The molecule has 2 aromatic heterocycles. The van der Waals surface area contributed by atoms with Crippen LogP contribution >= 0.6 is 0 Å². The van der Waals surface area contributed by atoms with Gasteiger partial charge in [0.05, 0.1) is 6.54 Å². The predicted octanol–water partition coefficient (Wildman–Crippen LogP) is 2.23. The average Bonchev–Trinajstić information content (AvgIpc) is 3.03. The summed E-state index contributed by atoms with van der Waals surface area (Å²) in [7, 11) is 0. The van der Waals surface area contributed by atoms with E-state index in [1.165, 1.54) is 0 Å². The fourth-order valence-electron chi connectivity index (χ4n) is 1.52. The van der Waals surface area contributed by atoms with Gasteiger partial charge in [-0.25, -0.2) is 0 Å². The number of carbonyl (C=O) groups is 1. The van der Waals surface area contributed by atoms with Crippen molar-refractivity contribution in [3.05, 3.63) is 35.5 Å². The largest absolute Gasteiger partial charge is 0.452 e. The Bertz CT molecular complexity index is 687. The third-order valence-electron chi connectivity index (χ3n) is 2.54. The van der Waals surface area contributed by atoms with Gasteiger partial charge in [0.15, 0.2) is 5.69 Å². The molecule has 2 heterocycles. The maximum absolute atomic E-state index is 12.3. The van der Waals surface area contributed by atoms with E-state index in [9.17, 15) is 31.1 Å². The number of alkyl halides is 6. The lowest BCUT2D eigenvalue weighted by Gasteiger charge is -2.04. The quantitative estimate of drug-likeness (QED) is 0.865.